The summed E-state index contributed by atoms with van der Waals surface area (Å²) in [5, 5.41) is 1.08. The molecule has 0 fully saturated rings. The molecule has 0 amide bonds. The third-order valence-corrected chi connectivity index (χ3v) is 4.84. The molecule has 1 aliphatic heterocycles. The molecule has 0 atom stereocenters. The summed E-state index contributed by atoms with van der Waals surface area (Å²) in [6, 6.07) is 16.4. The van der Waals surface area contributed by atoms with Gasteiger partial charge in [0.2, 0.25) is 5.52 Å². The van der Waals surface area contributed by atoms with Crippen molar-refractivity contribution in [1.29, 1.82) is 0 Å². The predicted molar refractivity (Wildman–Crippen MR) is 93.4 cm³/mol. The number of nitrogens with zero attached hydrogens (tertiary/aromatic N) is 4. The van der Waals surface area contributed by atoms with Crippen LogP contribution in [-0.2, 0) is 6.54 Å². The van der Waals surface area contributed by atoms with Crippen LogP contribution in [-0.4, -0.2) is 14.5 Å². The van der Waals surface area contributed by atoms with E-state index in [9.17, 15) is 0 Å². The monoisotopic (exact) mass is 325 g/mol. The Bertz CT molecular complexity index is 1270. The van der Waals surface area contributed by atoms with E-state index in [0.717, 1.165) is 51.5 Å². The molecule has 5 nitrogen and oxygen atoms in total. The SMILES string of the molecule is c1ccc(-n2c3[n+](c4c5ccncc5oc42)Cc2ncccc2-3)cc1. The molecule has 5 aromatic rings. The van der Waals surface area contributed by atoms with Crippen LogP contribution in [0.4, 0.5) is 0 Å². The Hall–Kier alpha value is -3.47. The average Bonchev–Trinajstić information content (AvgIpc) is 3.29. The van der Waals surface area contributed by atoms with Crippen LogP contribution in [0.3, 0.4) is 0 Å². The van der Waals surface area contributed by atoms with Crippen molar-refractivity contribution in [2.24, 2.45) is 0 Å². The third kappa shape index (κ3) is 1.59. The van der Waals surface area contributed by atoms with Gasteiger partial charge in [-0.2, -0.15) is 4.57 Å². The number of furan rings is 1. The fraction of sp³-hybridized carbons (Fsp3) is 0.0500. The molecule has 5 heterocycles. The topological polar surface area (TPSA) is 47.7 Å². The standard InChI is InChI=1S/C20H13N4O/c1-2-5-13(6-3-1)24-19-14-7-4-9-22-16(14)12-23(19)18-15-8-10-21-11-17(15)25-20(18)24/h1-11H,12H2/q+1. The lowest BCUT2D eigenvalue weighted by atomic mass is 10.2. The number of pyridine rings is 2. The van der Waals surface area contributed by atoms with Crippen molar-refractivity contribution in [3.8, 4) is 17.1 Å². The van der Waals surface area contributed by atoms with E-state index < -0.39 is 0 Å². The zero-order chi connectivity index (χ0) is 16.4. The van der Waals surface area contributed by atoms with Crippen molar-refractivity contribution in [3.63, 3.8) is 0 Å². The van der Waals surface area contributed by atoms with Gasteiger partial charge in [-0.25, -0.2) is 4.57 Å². The summed E-state index contributed by atoms with van der Waals surface area (Å²) in [4.78, 5) is 8.77. The van der Waals surface area contributed by atoms with Crippen LogP contribution in [0.1, 0.15) is 5.69 Å². The average molecular weight is 325 g/mol. The first-order valence-electron chi connectivity index (χ1n) is 8.22. The van der Waals surface area contributed by atoms with Crippen LogP contribution in [0.25, 0.3) is 39.3 Å². The molecule has 1 aromatic carbocycles. The summed E-state index contributed by atoms with van der Waals surface area (Å²) in [5.74, 6) is 1.11. The number of hydrogen-bond acceptors (Lipinski definition) is 3. The van der Waals surface area contributed by atoms with Gasteiger partial charge in [-0.05, 0) is 30.3 Å². The first-order chi connectivity index (χ1) is 12.4. The van der Waals surface area contributed by atoms with Gasteiger partial charge in [0.1, 0.15) is 12.2 Å². The Balaban J connectivity index is 1.83. The van der Waals surface area contributed by atoms with Gasteiger partial charge < -0.3 is 4.42 Å². The highest BCUT2D eigenvalue weighted by atomic mass is 16.3. The molecule has 1 aliphatic rings. The maximum atomic E-state index is 6.21. The fourth-order valence-electron chi connectivity index (χ4n) is 3.81. The van der Waals surface area contributed by atoms with Crippen molar-refractivity contribution >= 4 is 22.2 Å². The fourth-order valence-corrected chi connectivity index (χ4v) is 3.81. The lowest BCUT2D eigenvalue weighted by molar-refractivity contribution is -0.645. The Labute approximate surface area is 142 Å². The summed E-state index contributed by atoms with van der Waals surface area (Å²) in [6.07, 6.45) is 5.44. The Kier molecular flexibility index (Phi) is 2.34. The minimum Gasteiger partial charge on any atom is -0.417 e. The first-order valence-corrected chi connectivity index (χ1v) is 8.22. The van der Waals surface area contributed by atoms with E-state index in [1.54, 1.807) is 6.20 Å². The summed E-state index contributed by atoms with van der Waals surface area (Å²) in [6.45, 7) is 0.749. The van der Waals surface area contributed by atoms with E-state index in [-0.39, 0.29) is 0 Å². The highest BCUT2D eigenvalue weighted by Crippen LogP contribution is 2.36. The van der Waals surface area contributed by atoms with Crippen LogP contribution in [0.5, 0.6) is 0 Å². The van der Waals surface area contributed by atoms with Gasteiger partial charge in [-0.3, -0.25) is 9.97 Å². The number of fused-ring (bicyclic) bond motifs is 7. The quantitative estimate of drug-likeness (QED) is 0.435. The molecule has 0 saturated carbocycles. The van der Waals surface area contributed by atoms with Gasteiger partial charge in [0.15, 0.2) is 5.58 Å². The van der Waals surface area contributed by atoms with Gasteiger partial charge in [0.05, 0.1) is 22.8 Å². The first kappa shape index (κ1) is 12.9. The van der Waals surface area contributed by atoms with Crippen molar-refractivity contribution in [1.82, 2.24) is 14.5 Å². The second kappa shape index (κ2) is 4.54. The van der Waals surface area contributed by atoms with Crippen molar-refractivity contribution in [2.75, 3.05) is 0 Å². The highest BCUT2D eigenvalue weighted by Gasteiger charge is 2.38. The van der Waals surface area contributed by atoms with E-state index in [1.165, 1.54) is 0 Å². The second-order valence-electron chi connectivity index (χ2n) is 6.21. The van der Waals surface area contributed by atoms with Gasteiger partial charge in [0, 0.05) is 12.4 Å². The van der Waals surface area contributed by atoms with Crippen LogP contribution in [0, 0.1) is 0 Å². The Morgan fingerprint density at radius 2 is 1.92 bits per heavy atom. The number of hydrogen-bond donors (Lipinski definition) is 0. The van der Waals surface area contributed by atoms with E-state index in [2.05, 4.69) is 37.3 Å². The van der Waals surface area contributed by atoms with Crippen LogP contribution < -0.4 is 4.57 Å². The molecular formula is C20H13N4O+. The molecule has 25 heavy (non-hydrogen) atoms. The number of para-hydroxylation sites is 1. The minimum absolute atomic E-state index is 0.749. The molecule has 0 N–H and O–H groups in total. The van der Waals surface area contributed by atoms with Crippen LogP contribution >= 0.6 is 0 Å². The number of aromatic nitrogens is 4. The molecular weight excluding hydrogens is 312 g/mol. The van der Waals surface area contributed by atoms with E-state index >= 15 is 0 Å². The molecule has 0 spiro atoms. The maximum Gasteiger partial charge on any atom is 0.344 e. The predicted octanol–water partition coefficient (Wildman–Crippen LogP) is 3.48. The zero-order valence-corrected chi connectivity index (χ0v) is 13.3. The van der Waals surface area contributed by atoms with E-state index in [0.29, 0.717) is 0 Å². The molecule has 118 valence electrons. The molecule has 4 aromatic heterocycles. The van der Waals surface area contributed by atoms with E-state index in [1.807, 2.05) is 42.7 Å². The van der Waals surface area contributed by atoms with Gasteiger partial charge in [-0.1, -0.05) is 18.2 Å². The largest absolute Gasteiger partial charge is 0.417 e. The molecule has 0 aliphatic carbocycles. The number of imidazole rings is 1. The van der Waals surface area contributed by atoms with Crippen LogP contribution in [0.2, 0.25) is 0 Å². The summed E-state index contributed by atoms with van der Waals surface area (Å²) in [5.41, 5.74) is 6.06. The summed E-state index contributed by atoms with van der Waals surface area (Å²) < 4.78 is 10.7. The highest BCUT2D eigenvalue weighted by molar-refractivity contribution is 6.00. The smallest absolute Gasteiger partial charge is 0.344 e. The molecule has 0 bridgehead atoms. The van der Waals surface area contributed by atoms with E-state index in [4.69, 9.17) is 4.42 Å². The van der Waals surface area contributed by atoms with Crippen molar-refractivity contribution < 1.29 is 8.98 Å². The molecule has 5 heteroatoms. The lowest BCUT2D eigenvalue weighted by Crippen LogP contribution is -2.31. The van der Waals surface area contributed by atoms with Crippen molar-refractivity contribution in [2.45, 2.75) is 6.54 Å². The minimum atomic E-state index is 0.749. The van der Waals surface area contributed by atoms with Gasteiger partial charge in [-0.15, -0.1) is 0 Å². The summed E-state index contributed by atoms with van der Waals surface area (Å²) in [7, 11) is 0. The third-order valence-electron chi connectivity index (χ3n) is 4.84. The zero-order valence-electron chi connectivity index (χ0n) is 13.3. The summed E-state index contributed by atoms with van der Waals surface area (Å²) >= 11 is 0. The molecule has 0 unspecified atom stereocenters. The number of rotatable bonds is 1. The normalized spacial score (nSPS) is 12.6. The number of benzene rings is 1. The van der Waals surface area contributed by atoms with Crippen LogP contribution in [0.15, 0.2) is 71.5 Å². The molecule has 0 radical (unpaired) electrons. The van der Waals surface area contributed by atoms with Gasteiger partial charge in [0.25, 0.3) is 5.82 Å². The molecule has 0 saturated heterocycles. The van der Waals surface area contributed by atoms with Crippen molar-refractivity contribution in [3.05, 3.63) is 72.8 Å². The maximum absolute atomic E-state index is 6.21. The lowest BCUT2D eigenvalue weighted by Gasteiger charge is -1.99. The molecule has 6 rings (SSSR count). The second-order valence-corrected chi connectivity index (χ2v) is 6.21. The Morgan fingerprint density at radius 1 is 1.00 bits per heavy atom. The Morgan fingerprint density at radius 3 is 2.84 bits per heavy atom. The van der Waals surface area contributed by atoms with Gasteiger partial charge >= 0.3 is 5.71 Å².